The van der Waals surface area contributed by atoms with Gasteiger partial charge in [0, 0.05) is 24.7 Å². The van der Waals surface area contributed by atoms with Gasteiger partial charge in [0.2, 0.25) is 0 Å². The first kappa shape index (κ1) is 21.4. The highest BCUT2D eigenvalue weighted by molar-refractivity contribution is 5.93. The molecular formula is C22H25F2N3O4. The van der Waals surface area contributed by atoms with Gasteiger partial charge in [0.15, 0.2) is 11.5 Å². The fourth-order valence-corrected chi connectivity index (χ4v) is 4.69. The van der Waals surface area contributed by atoms with Gasteiger partial charge in [-0.05, 0) is 37.8 Å². The predicted octanol–water partition coefficient (Wildman–Crippen LogP) is 3.81. The van der Waals surface area contributed by atoms with Crippen molar-refractivity contribution in [2.45, 2.75) is 57.2 Å². The number of piperidine rings is 1. The average Bonchev–Trinajstić information content (AvgIpc) is 3.24. The number of halogens is 2. The van der Waals surface area contributed by atoms with E-state index in [0.717, 1.165) is 50.8 Å². The third-order valence-corrected chi connectivity index (χ3v) is 6.25. The van der Waals surface area contributed by atoms with Crippen LogP contribution in [0, 0.1) is 17.6 Å². The lowest BCUT2D eigenvalue weighted by atomic mass is 9.88. The molecule has 2 N–H and O–H groups in total. The lowest BCUT2D eigenvalue weighted by molar-refractivity contribution is -0.147. The van der Waals surface area contributed by atoms with E-state index in [4.69, 9.17) is 4.52 Å². The second-order valence-electron chi connectivity index (χ2n) is 8.24. The Morgan fingerprint density at radius 2 is 1.87 bits per heavy atom. The molecule has 7 nitrogen and oxygen atoms in total. The minimum Gasteiger partial charge on any atom is -0.481 e. The molecule has 9 heteroatoms. The first-order chi connectivity index (χ1) is 14.9. The number of nitrogens with one attached hydrogen (secondary N) is 1. The van der Waals surface area contributed by atoms with Gasteiger partial charge in [-0.1, -0.05) is 24.4 Å². The molecular weight excluding hydrogens is 408 g/mol. The first-order valence-corrected chi connectivity index (χ1v) is 10.7. The van der Waals surface area contributed by atoms with E-state index in [0.29, 0.717) is 6.42 Å². The third kappa shape index (κ3) is 4.61. The summed E-state index contributed by atoms with van der Waals surface area (Å²) in [6.07, 6.45) is 5.92. The van der Waals surface area contributed by atoms with Crippen LogP contribution in [0.5, 0.6) is 0 Å². The van der Waals surface area contributed by atoms with Gasteiger partial charge in [0.05, 0.1) is 17.6 Å². The first-order valence-electron chi connectivity index (χ1n) is 10.7. The van der Waals surface area contributed by atoms with Crippen LogP contribution in [-0.4, -0.2) is 45.8 Å². The number of carboxylic acids is 1. The van der Waals surface area contributed by atoms with Crippen LogP contribution in [0.2, 0.25) is 0 Å². The zero-order chi connectivity index (χ0) is 22.0. The van der Waals surface area contributed by atoms with Crippen molar-refractivity contribution in [3.8, 4) is 11.3 Å². The molecule has 0 bridgehead atoms. The van der Waals surface area contributed by atoms with Crippen molar-refractivity contribution in [3.63, 3.8) is 0 Å². The zero-order valence-corrected chi connectivity index (χ0v) is 17.0. The molecule has 1 aliphatic heterocycles. The SMILES string of the molecule is O=C(NC1[C@H](C(=O)O)CCCN1C1CCCCC1)c1cc(-c2ccc(F)cc2F)on1. The summed E-state index contributed by atoms with van der Waals surface area (Å²) in [4.78, 5) is 26.9. The molecule has 2 heterocycles. The highest BCUT2D eigenvalue weighted by Crippen LogP contribution is 2.31. The summed E-state index contributed by atoms with van der Waals surface area (Å²) in [6.45, 7) is 0.726. The number of amides is 1. The molecule has 2 atom stereocenters. The van der Waals surface area contributed by atoms with E-state index >= 15 is 0 Å². The number of aromatic nitrogens is 1. The highest BCUT2D eigenvalue weighted by atomic mass is 19.1. The minimum absolute atomic E-state index is 0.00906. The van der Waals surface area contributed by atoms with Crippen LogP contribution in [0.25, 0.3) is 11.3 Å². The standard InChI is InChI=1S/C22H25F2N3O4/c23-13-8-9-15(17(24)11-13)19-12-18(26-31-19)21(28)25-20-16(22(29)30)7-4-10-27(20)14-5-2-1-3-6-14/h8-9,11-12,14,16,20H,1-7,10H2,(H,25,28)(H,29,30)/t16-,20?/m1/s1. The van der Waals surface area contributed by atoms with E-state index in [9.17, 15) is 23.5 Å². The van der Waals surface area contributed by atoms with Crippen molar-refractivity contribution in [2.24, 2.45) is 5.92 Å². The van der Waals surface area contributed by atoms with Crippen LogP contribution in [0.4, 0.5) is 8.78 Å². The summed E-state index contributed by atoms with van der Waals surface area (Å²) >= 11 is 0. The van der Waals surface area contributed by atoms with E-state index in [1.165, 1.54) is 18.6 Å². The number of benzene rings is 1. The Bertz CT molecular complexity index is 958. The Labute approximate surface area is 178 Å². The summed E-state index contributed by atoms with van der Waals surface area (Å²) in [7, 11) is 0. The van der Waals surface area contributed by atoms with Crippen LogP contribution >= 0.6 is 0 Å². The monoisotopic (exact) mass is 433 g/mol. The second kappa shape index (κ2) is 9.13. The molecule has 2 fully saturated rings. The molecule has 4 rings (SSSR count). The Kier molecular flexibility index (Phi) is 6.31. The molecule has 1 aliphatic carbocycles. The molecule has 2 aromatic rings. The van der Waals surface area contributed by atoms with Crippen LogP contribution in [0.15, 0.2) is 28.8 Å². The van der Waals surface area contributed by atoms with Crippen LogP contribution < -0.4 is 5.32 Å². The van der Waals surface area contributed by atoms with Crippen molar-refractivity contribution < 1.29 is 28.0 Å². The molecule has 1 saturated carbocycles. The van der Waals surface area contributed by atoms with Crippen molar-refractivity contribution in [1.29, 1.82) is 0 Å². The Morgan fingerprint density at radius 1 is 1.10 bits per heavy atom. The molecule has 0 radical (unpaired) electrons. The van der Waals surface area contributed by atoms with Gasteiger partial charge in [-0.2, -0.15) is 0 Å². The fourth-order valence-electron chi connectivity index (χ4n) is 4.69. The van der Waals surface area contributed by atoms with E-state index < -0.39 is 35.6 Å². The van der Waals surface area contributed by atoms with E-state index in [1.807, 2.05) is 0 Å². The lowest BCUT2D eigenvalue weighted by Crippen LogP contribution is -2.60. The number of carbonyl (C=O) groups is 2. The highest BCUT2D eigenvalue weighted by Gasteiger charge is 2.40. The van der Waals surface area contributed by atoms with Crippen molar-refractivity contribution in [1.82, 2.24) is 15.4 Å². The summed E-state index contributed by atoms with van der Waals surface area (Å²) in [5.74, 6) is -3.81. The largest absolute Gasteiger partial charge is 0.481 e. The number of aliphatic carboxylic acids is 1. The Balaban J connectivity index is 1.54. The van der Waals surface area contributed by atoms with Gasteiger partial charge < -0.3 is 14.9 Å². The number of carboxylic acid groups (broad SMARTS) is 1. The maximum atomic E-state index is 14.0. The molecule has 0 spiro atoms. The summed E-state index contributed by atoms with van der Waals surface area (Å²) < 4.78 is 32.3. The van der Waals surface area contributed by atoms with Gasteiger partial charge in [0.1, 0.15) is 11.6 Å². The third-order valence-electron chi connectivity index (χ3n) is 6.25. The zero-order valence-electron chi connectivity index (χ0n) is 17.0. The van der Waals surface area contributed by atoms with Gasteiger partial charge in [0.25, 0.3) is 5.91 Å². The van der Waals surface area contributed by atoms with Crippen molar-refractivity contribution in [2.75, 3.05) is 6.54 Å². The van der Waals surface area contributed by atoms with Gasteiger partial charge in [-0.15, -0.1) is 0 Å². The predicted molar refractivity (Wildman–Crippen MR) is 107 cm³/mol. The average molecular weight is 433 g/mol. The topological polar surface area (TPSA) is 95.7 Å². The quantitative estimate of drug-likeness (QED) is 0.745. The van der Waals surface area contributed by atoms with E-state index in [1.54, 1.807) is 0 Å². The second-order valence-corrected chi connectivity index (χ2v) is 8.24. The maximum absolute atomic E-state index is 14.0. The minimum atomic E-state index is -0.944. The summed E-state index contributed by atoms with van der Waals surface area (Å²) in [5.41, 5.74) is -0.102. The maximum Gasteiger partial charge on any atom is 0.309 e. The Hall–Kier alpha value is -2.81. The molecule has 166 valence electrons. The molecule has 2 aliphatic rings. The van der Waals surface area contributed by atoms with Gasteiger partial charge in [-0.3, -0.25) is 14.5 Å². The van der Waals surface area contributed by atoms with Gasteiger partial charge in [-0.25, -0.2) is 8.78 Å². The normalized spacial score (nSPS) is 22.9. The fraction of sp³-hybridized carbons (Fsp3) is 0.500. The number of carbonyl (C=O) groups excluding carboxylic acids is 1. The Morgan fingerprint density at radius 3 is 2.58 bits per heavy atom. The number of hydrogen-bond acceptors (Lipinski definition) is 5. The summed E-state index contributed by atoms with van der Waals surface area (Å²) in [6, 6.07) is 4.53. The number of hydrogen-bond donors (Lipinski definition) is 2. The molecule has 1 aromatic heterocycles. The molecule has 1 saturated heterocycles. The molecule has 1 unspecified atom stereocenters. The lowest BCUT2D eigenvalue weighted by Gasteiger charge is -2.45. The van der Waals surface area contributed by atoms with Crippen LogP contribution in [0.3, 0.4) is 0 Å². The smallest absolute Gasteiger partial charge is 0.309 e. The van der Waals surface area contributed by atoms with Crippen LogP contribution in [-0.2, 0) is 4.79 Å². The van der Waals surface area contributed by atoms with E-state index in [-0.39, 0.29) is 23.1 Å². The van der Waals surface area contributed by atoms with E-state index in [2.05, 4.69) is 15.4 Å². The molecule has 1 amide bonds. The van der Waals surface area contributed by atoms with Gasteiger partial charge >= 0.3 is 5.97 Å². The number of likely N-dealkylation sites (tertiary alicyclic amines) is 1. The molecule has 31 heavy (non-hydrogen) atoms. The van der Waals surface area contributed by atoms with Crippen LogP contribution in [0.1, 0.15) is 55.4 Å². The summed E-state index contributed by atoms with van der Waals surface area (Å²) in [5, 5.41) is 16.3. The van der Waals surface area contributed by atoms with Crippen molar-refractivity contribution in [3.05, 3.63) is 41.6 Å². The van der Waals surface area contributed by atoms with Crippen molar-refractivity contribution >= 4 is 11.9 Å². The number of rotatable bonds is 5. The molecule has 1 aromatic carbocycles. The number of nitrogens with zero attached hydrogens (tertiary/aromatic N) is 2.